The molecule has 0 bridgehead atoms. The van der Waals surface area contributed by atoms with E-state index in [1.54, 1.807) is 12.1 Å². The first-order valence-electron chi connectivity index (χ1n) is 6.63. The van der Waals surface area contributed by atoms with Gasteiger partial charge in [-0.15, -0.1) is 0 Å². The maximum Gasteiger partial charge on any atom is 0.127 e. The zero-order valence-electron chi connectivity index (χ0n) is 10.9. The quantitative estimate of drug-likeness (QED) is 0.903. The van der Waals surface area contributed by atoms with Crippen LogP contribution in [0.5, 0.6) is 0 Å². The van der Waals surface area contributed by atoms with Crippen LogP contribution in [-0.4, -0.2) is 11.7 Å². The van der Waals surface area contributed by atoms with Gasteiger partial charge in [-0.2, -0.15) is 0 Å². The molecule has 4 heteroatoms. The summed E-state index contributed by atoms with van der Waals surface area (Å²) >= 11 is 5.73. The highest BCUT2D eigenvalue weighted by Gasteiger charge is 2.20. The van der Waals surface area contributed by atoms with Gasteiger partial charge in [0.05, 0.1) is 6.10 Å². The topological polar surface area (TPSA) is 32.3 Å². The van der Waals surface area contributed by atoms with Crippen molar-refractivity contribution >= 4 is 17.3 Å². The van der Waals surface area contributed by atoms with E-state index in [9.17, 15) is 9.50 Å². The molecule has 1 aliphatic heterocycles. The van der Waals surface area contributed by atoms with Crippen LogP contribution in [-0.2, 0) is 12.8 Å². The van der Waals surface area contributed by atoms with E-state index in [0.29, 0.717) is 10.6 Å². The molecule has 0 amide bonds. The molecule has 1 atom stereocenters. The minimum atomic E-state index is -0.730. The Balaban J connectivity index is 1.86. The smallest absolute Gasteiger partial charge is 0.127 e. The van der Waals surface area contributed by atoms with Crippen LogP contribution >= 0.6 is 11.6 Å². The van der Waals surface area contributed by atoms with E-state index in [0.717, 1.165) is 24.2 Å². The van der Waals surface area contributed by atoms with Gasteiger partial charge in [-0.3, -0.25) is 0 Å². The molecule has 20 heavy (non-hydrogen) atoms. The molecule has 1 heterocycles. The fourth-order valence-electron chi connectivity index (χ4n) is 2.65. The molecular weight excluding hydrogens is 277 g/mol. The Morgan fingerprint density at radius 2 is 2.15 bits per heavy atom. The van der Waals surface area contributed by atoms with Crippen molar-refractivity contribution in [2.24, 2.45) is 0 Å². The van der Waals surface area contributed by atoms with Crippen LogP contribution in [0.2, 0.25) is 5.02 Å². The minimum Gasteiger partial charge on any atom is -0.388 e. The van der Waals surface area contributed by atoms with Gasteiger partial charge in [0.2, 0.25) is 0 Å². The van der Waals surface area contributed by atoms with Crippen molar-refractivity contribution in [3.05, 3.63) is 63.9 Å². The highest BCUT2D eigenvalue weighted by molar-refractivity contribution is 6.30. The molecule has 0 saturated carbocycles. The number of para-hydroxylation sites is 1. The Kier molecular flexibility index (Phi) is 3.64. The van der Waals surface area contributed by atoms with E-state index in [1.807, 2.05) is 12.1 Å². The van der Waals surface area contributed by atoms with Crippen molar-refractivity contribution < 1.29 is 9.50 Å². The van der Waals surface area contributed by atoms with E-state index >= 15 is 0 Å². The molecule has 0 radical (unpaired) electrons. The number of anilines is 1. The Hall–Kier alpha value is -1.58. The summed E-state index contributed by atoms with van der Waals surface area (Å²) < 4.78 is 13.8. The summed E-state index contributed by atoms with van der Waals surface area (Å²) in [5.74, 6) is -0.378. The van der Waals surface area contributed by atoms with Gasteiger partial charge in [0.15, 0.2) is 0 Å². The second-order valence-corrected chi connectivity index (χ2v) is 5.45. The Bertz CT molecular complexity index is 644. The van der Waals surface area contributed by atoms with Crippen molar-refractivity contribution in [3.63, 3.8) is 0 Å². The molecule has 0 spiro atoms. The zero-order chi connectivity index (χ0) is 14.1. The lowest BCUT2D eigenvalue weighted by Gasteiger charge is -2.16. The molecular formula is C16H15ClFNO. The van der Waals surface area contributed by atoms with Crippen molar-refractivity contribution in [2.45, 2.75) is 18.9 Å². The van der Waals surface area contributed by atoms with Crippen molar-refractivity contribution in [1.29, 1.82) is 0 Å². The number of nitrogens with one attached hydrogen (secondary N) is 1. The van der Waals surface area contributed by atoms with E-state index < -0.39 is 6.10 Å². The molecule has 0 aromatic heterocycles. The predicted octanol–water partition coefficient (Wildman–Crippen LogP) is 3.72. The third kappa shape index (κ3) is 2.51. The summed E-state index contributed by atoms with van der Waals surface area (Å²) in [5.41, 5.74) is 3.50. The lowest BCUT2D eigenvalue weighted by Crippen LogP contribution is -2.06. The summed E-state index contributed by atoms with van der Waals surface area (Å²) in [6.45, 7) is 0.883. The van der Waals surface area contributed by atoms with Crippen LogP contribution in [0.15, 0.2) is 36.4 Å². The molecule has 1 unspecified atom stereocenters. The largest absolute Gasteiger partial charge is 0.388 e. The monoisotopic (exact) mass is 291 g/mol. The van der Waals surface area contributed by atoms with Crippen molar-refractivity contribution in [2.75, 3.05) is 11.9 Å². The molecule has 1 aliphatic rings. The van der Waals surface area contributed by atoms with E-state index in [-0.39, 0.29) is 12.2 Å². The summed E-state index contributed by atoms with van der Waals surface area (Å²) in [7, 11) is 0. The average molecular weight is 292 g/mol. The van der Waals surface area contributed by atoms with Crippen LogP contribution in [0.3, 0.4) is 0 Å². The van der Waals surface area contributed by atoms with Gasteiger partial charge in [-0.1, -0.05) is 35.9 Å². The molecule has 2 nitrogen and oxygen atoms in total. The standard InChI is InChI=1S/C16H15ClFNO/c17-12-5-4-11(14(18)9-12)8-15(20)13-3-1-2-10-6-7-19-16(10)13/h1-5,9,15,19-20H,6-8H2. The van der Waals surface area contributed by atoms with E-state index in [2.05, 4.69) is 11.4 Å². The number of halogens is 2. The molecule has 104 valence electrons. The van der Waals surface area contributed by atoms with E-state index in [1.165, 1.54) is 11.6 Å². The van der Waals surface area contributed by atoms with Gasteiger partial charge in [0, 0.05) is 29.2 Å². The van der Waals surface area contributed by atoms with Crippen LogP contribution in [0.4, 0.5) is 10.1 Å². The van der Waals surface area contributed by atoms with Gasteiger partial charge in [-0.25, -0.2) is 4.39 Å². The first-order chi connectivity index (χ1) is 9.65. The summed E-state index contributed by atoms with van der Waals surface area (Å²) in [6.07, 6.45) is 0.470. The third-order valence-electron chi connectivity index (χ3n) is 3.67. The molecule has 2 N–H and O–H groups in total. The van der Waals surface area contributed by atoms with Gasteiger partial charge in [0.25, 0.3) is 0 Å². The normalized spacial score (nSPS) is 14.8. The van der Waals surface area contributed by atoms with Crippen LogP contribution in [0.25, 0.3) is 0 Å². The van der Waals surface area contributed by atoms with Crippen LogP contribution < -0.4 is 5.32 Å². The fourth-order valence-corrected chi connectivity index (χ4v) is 2.81. The average Bonchev–Trinajstić information content (AvgIpc) is 2.90. The SMILES string of the molecule is OC(Cc1ccc(Cl)cc1F)c1cccc2c1NCC2. The molecule has 3 rings (SSSR count). The van der Waals surface area contributed by atoms with Crippen molar-refractivity contribution in [3.8, 4) is 0 Å². The van der Waals surface area contributed by atoms with Gasteiger partial charge in [-0.05, 0) is 29.7 Å². The minimum absolute atomic E-state index is 0.237. The number of aliphatic hydroxyl groups is 1. The molecule has 0 fully saturated rings. The molecule has 0 saturated heterocycles. The van der Waals surface area contributed by atoms with Gasteiger partial charge in [0.1, 0.15) is 5.82 Å². The van der Waals surface area contributed by atoms with Gasteiger partial charge < -0.3 is 10.4 Å². The number of benzene rings is 2. The molecule has 2 aromatic rings. The lowest BCUT2D eigenvalue weighted by molar-refractivity contribution is 0.178. The predicted molar refractivity (Wildman–Crippen MR) is 78.7 cm³/mol. The zero-order valence-corrected chi connectivity index (χ0v) is 11.6. The van der Waals surface area contributed by atoms with Gasteiger partial charge >= 0.3 is 0 Å². The second-order valence-electron chi connectivity index (χ2n) is 5.01. The number of hydrogen-bond acceptors (Lipinski definition) is 2. The first kappa shape index (κ1) is 13.4. The van der Waals surface area contributed by atoms with Crippen LogP contribution in [0, 0.1) is 5.82 Å². The van der Waals surface area contributed by atoms with Crippen LogP contribution in [0.1, 0.15) is 22.8 Å². The molecule has 0 aliphatic carbocycles. The maximum atomic E-state index is 13.8. The molecule has 2 aromatic carbocycles. The Labute approximate surface area is 122 Å². The summed E-state index contributed by atoms with van der Waals surface area (Å²) in [4.78, 5) is 0. The highest BCUT2D eigenvalue weighted by atomic mass is 35.5. The van der Waals surface area contributed by atoms with Crippen molar-refractivity contribution in [1.82, 2.24) is 0 Å². The third-order valence-corrected chi connectivity index (χ3v) is 3.90. The number of aliphatic hydroxyl groups excluding tert-OH is 1. The first-order valence-corrected chi connectivity index (χ1v) is 7.00. The Morgan fingerprint density at radius 3 is 2.95 bits per heavy atom. The summed E-state index contributed by atoms with van der Waals surface area (Å²) in [6, 6.07) is 10.4. The highest BCUT2D eigenvalue weighted by Crippen LogP contribution is 2.32. The maximum absolute atomic E-state index is 13.8. The number of rotatable bonds is 3. The second kappa shape index (κ2) is 5.43. The Morgan fingerprint density at radius 1 is 1.30 bits per heavy atom. The number of fused-ring (bicyclic) bond motifs is 1. The lowest BCUT2D eigenvalue weighted by atomic mass is 9.97. The van der Waals surface area contributed by atoms with E-state index in [4.69, 9.17) is 11.6 Å². The fraction of sp³-hybridized carbons (Fsp3) is 0.250. The number of hydrogen-bond donors (Lipinski definition) is 2. The summed E-state index contributed by atoms with van der Waals surface area (Å²) in [5, 5.41) is 14.0.